The third kappa shape index (κ3) is 7.76. The van der Waals surface area contributed by atoms with Gasteiger partial charge in [-0.1, -0.05) is 50.8 Å². The topological polar surface area (TPSA) is 22.1 Å². The fourth-order valence-corrected chi connectivity index (χ4v) is 6.23. The van der Waals surface area contributed by atoms with E-state index >= 15 is 4.39 Å². The highest BCUT2D eigenvalue weighted by Crippen LogP contribution is 2.40. The average Bonchev–Trinajstić information content (AvgIpc) is 3.00. The number of halogens is 9. The van der Waals surface area contributed by atoms with Gasteiger partial charge in [-0.3, -0.25) is 4.98 Å². The molecule has 1 saturated carbocycles. The molecule has 5 rings (SSSR count). The number of hydrogen-bond acceptors (Lipinski definition) is 2. The molecule has 3 aromatic carbocycles. The zero-order valence-corrected chi connectivity index (χ0v) is 25.4. The van der Waals surface area contributed by atoms with Gasteiger partial charge in [0.15, 0.2) is 0 Å². The number of nitrogens with zero attached hydrogens (tertiary/aromatic N) is 1. The molecule has 0 saturated heterocycles. The van der Waals surface area contributed by atoms with Crippen molar-refractivity contribution >= 4 is 0 Å². The zero-order valence-electron chi connectivity index (χ0n) is 25.4. The van der Waals surface area contributed by atoms with Crippen LogP contribution in [0.4, 0.5) is 39.5 Å². The number of ether oxygens (including phenoxy) is 1. The standard InChI is InChI=1S/C36H32F9NO/c1-2-3-4-5-20-6-8-21(9-7-20)23-11-13-32(46-19-23)22-10-12-26(27(37)14-22)24-15-30(40)34(31(41)16-24)36(44,45)47-25-17-28(38)33(35(42)43)29(39)18-25/h10-21,35H,2-9H2,1H3. The van der Waals surface area contributed by atoms with E-state index in [1.54, 1.807) is 12.3 Å². The van der Waals surface area contributed by atoms with Crippen molar-refractivity contribution in [2.75, 3.05) is 0 Å². The van der Waals surface area contributed by atoms with E-state index in [0.29, 0.717) is 29.3 Å². The van der Waals surface area contributed by atoms with Gasteiger partial charge in [-0.15, -0.1) is 0 Å². The number of aromatic nitrogens is 1. The van der Waals surface area contributed by atoms with E-state index in [0.717, 1.165) is 30.4 Å². The van der Waals surface area contributed by atoms with Gasteiger partial charge in [0.1, 0.15) is 40.4 Å². The molecule has 0 unspecified atom stereocenters. The Balaban J connectivity index is 1.30. The van der Waals surface area contributed by atoms with Gasteiger partial charge in [0.2, 0.25) is 0 Å². The predicted molar refractivity (Wildman–Crippen MR) is 160 cm³/mol. The summed E-state index contributed by atoms with van der Waals surface area (Å²) in [6.07, 6.45) is 2.96. The van der Waals surface area contributed by atoms with Crippen LogP contribution in [0.3, 0.4) is 0 Å². The minimum atomic E-state index is -4.83. The molecule has 0 N–H and O–H groups in total. The summed E-state index contributed by atoms with van der Waals surface area (Å²) in [5.41, 5.74) is -2.30. The number of pyridine rings is 1. The molecule has 11 heteroatoms. The number of alkyl halides is 4. The molecule has 1 fully saturated rings. The summed E-state index contributed by atoms with van der Waals surface area (Å²) in [4.78, 5) is 4.50. The Morgan fingerprint density at radius 3 is 1.96 bits per heavy atom. The first-order valence-electron chi connectivity index (χ1n) is 15.5. The summed E-state index contributed by atoms with van der Waals surface area (Å²) < 4.78 is 132. The molecule has 0 aliphatic heterocycles. The second-order valence-electron chi connectivity index (χ2n) is 11.9. The van der Waals surface area contributed by atoms with Crippen LogP contribution in [0.5, 0.6) is 5.75 Å². The summed E-state index contributed by atoms with van der Waals surface area (Å²) in [7, 11) is 0. The summed E-state index contributed by atoms with van der Waals surface area (Å²) in [6, 6.07) is 8.59. The first-order valence-corrected chi connectivity index (χ1v) is 15.5. The van der Waals surface area contributed by atoms with Gasteiger partial charge in [-0.2, -0.15) is 8.78 Å². The van der Waals surface area contributed by atoms with Crippen LogP contribution in [0, 0.1) is 35.0 Å². The lowest BCUT2D eigenvalue weighted by molar-refractivity contribution is -0.189. The Morgan fingerprint density at radius 1 is 0.766 bits per heavy atom. The van der Waals surface area contributed by atoms with Crippen molar-refractivity contribution < 1.29 is 44.3 Å². The lowest BCUT2D eigenvalue weighted by Crippen LogP contribution is -2.25. The van der Waals surface area contributed by atoms with Crippen LogP contribution < -0.4 is 4.74 Å². The highest BCUT2D eigenvalue weighted by atomic mass is 19.3. The largest absolute Gasteiger partial charge is 0.432 e. The van der Waals surface area contributed by atoms with Crippen molar-refractivity contribution in [3.8, 4) is 28.1 Å². The smallest absolute Gasteiger partial charge is 0.429 e. The van der Waals surface area contributed by atoms with E-state index in [1.165, 1.54) is 50.7 Å². The fraction of sp³-hybridized carbons (Fsp3) is 0.361. The van der Waals surface area contributed by atoms with E-state index in [9.17, 15) is 35.1 Å². The van der Waals surface area contributed by atoms with Crippen LogP contribution in [0.1, 0.15) is 87.3 Å². The maximum Gasteiger partial charge on any atom is 0.432 e. The number of rotatable bonds is 11. The Hall–Kier alpha value is -4.02. The van der Waals surface area contributed by atoms with Crippen molar-refractivity contribution in [3.05, 3.63) is 107 Å². The van der Waals surface area contributed by atoms with Crippen LogP contribution in [0.15, 0.2) is 60.8 Å². The van der Waals surface area contributed by atoms with E-state index in [2.05, 4.69) is 16.6 Å². The fourth-order valence-electron chi connectivity index (χ4n) is 6.23. The summed E-state index contributed by atoms with van der Waals surface area (Å²) in [5.74, 6) is -8.45. The summed E-state index contributed by atoms with van der Waals surface area (Å²) in [6.45, 7) is 2.20. The molecular weight excluding hydrogens is 633 g/mol. The minimum Gasteiger partial charge on any atom is -0.429 e. The van der Waals surface area contributed by atoms with Crippen LogP contribution in [0.2, 0.25) is 0 Å². The van der Waals surface area contributed by atoms with Gasteiger partial charge in [-0.25, -0.2) is 30.7 Å². The van der Waals surface area contributed by atoms with E-state index < -0.39 is 64.1 Å². The maximum atomic E-state index is 15.2. The van der Waals surface area contributed by atoms with Crippen molar-refractivity contribution in [1.82, 2.24) is 4.98 Å². The molecule has 1 heterocycles. The third-order valence-electron chi connectivity index (χ3n) is 8.75. The SMILES string of the molecule is CCCCCC1CCC(c2ccc(-c3ccc(-c4cc(F)c(C(F)(F)Oc5cc(F)c(C(F)F)c(F)c5)c(F)c4)c(F)c3)nc2)CC1. The molecule has 250 valence electrons. The first-order chi connectivity index (χ1) is 22.4. The van der Waals surface area contributed by atoms with Gasteiger partial charge in [-0.05, 0) is 72.9 Å². The first kappa shape index (κ1) is 34.3. The molecule has 0 atom stereocenters. The van der Waals surface area contributed by atoms with Crippen molar-refractivity contribution in [3.63, 3.8) is 0 Å². The molecule has 1 aromatic heterocycles. The zero-order chi connectivity index (χ0) is 33.9. The van der Waals surface area contributed by atoms with E-state index in [4.69, 9.17) is 0 Å². The Morgan fingerprint density at radius 2 is 1.40 bits per heavy atom. The Bertz CT molecular complexity index is 1650. The molecule has 1 aliphatic rings. The van der Waals surface area contributed by atoms with Crippen molar-refractivity contribution in [2.24, 2.45) is 5.92 Å². The van der Waals surface area contributed by atoms with E-state index in [-0.39, 0.29) is 17.7 Å². The lowest BCUT2D eigenvalue weighted by Gasteiger charge is -2.28. The third-order valence-corrected chi connectivity index (χ3v) is 8.75. The van der Waals surface area contributed by atoms with Gasteiger partial charge >= 0.3 is 6.11 Å². The maximum absolute atomic E-state index is 15.2. The van der Waals surface area contributed by atoms with E-state index in [1.807, 2.05) is 6.07 Å². The van der Waals surface area contributed by atoms with Crippen molar-refractivity contribution in [1.29, 1.82) is 0 Å². The quantitative estimate of drug-likeness (QED) is 0.118. The summed E-state index contributed by atoms with van der Waals surface area (Å²) >= 11 is 0. The second-order valence-corrected chi connectivity index (χ2v) is 11.9. The van der Waals surface area contributed by atoms with Crippen molar-refractivity contribution in [2.45, 2.75) is 76.7 Å². The highest BCUT2D eigenvalue weighted by molar-refractivity contribution is 5.70. The molecular formula is C36H32F9NO. The van der Waals surface area contributed by atoms with Crippen LogP contribution >= 0.6 is 0 Å². The molecule has 4 aromatic rings. The Kier molecular flexibility index (Phi) is 10.5. The minimum absolute atomic E-state index is 0.0441. The highest BCUT2D eigenvalue weighted by Gasteiger charge is 2.42. The number of hydrogen-bond donors (Lipinski definition) is 0. The molecule has 0 radical (unpaired) electrons. The second kappa shape index (κ2) is 14.4. The molecule has 0 spiro atoms. The predicted octanol–water partition coefficient (Wildman–Crippen LogP) is 12.0. The van der Waals surface area contributed by atoms with Gasteiger partial charge < -0.3 is 4.74 Å². The number of unbranched alkanes of at least 4 members (excludes halogenated alkanes) is 2. The van der Waals surface area contributed by atoms with Crippen LogP contribution in [0.25, 0.3) is 22.4 Å². The monoisotopic (exact) mass is 665 g/mol. The van der Waals surface area contributed by atoms with Gasteiger partial charge in [0.25, 0.3) is 6.43 Å². The van der Waals surface area contributed by atoms with Gasteiger partial charge in [0.05, 0.1) is 11.3 Å². The normalized spacial score (nSPS) is 16.9. The van der Waals surface area contributed by atoms with Crippen LogP contribution in [-0.2, 0) is 6.11 Å². The molecule has 2 nitrogen and oxygen atoms in total. The molecule has 47 heavy (non-hydrogen) atoms. The molecule has 0 bridgehead atoms. The lowest BCUT2D eigenvalue weighted by atomic mass is 9.77. The Labute approximate surface area is 266 Å². The summed E-state index contributed by atoms with van der Waals surface area (Å²) in [5, 5.41) is 0. The van der Waals surface area contributed by atoms with Crippen LogP contribution in [-0.4, -0.2) is 4.98 Å². The van der Waals surface area contributed by atoms with Gasteiger partial charge in [0, 0.05) is 29.5 Å². The molecule has 0 amide bonds. The average molecular weight is 666 g/mol. The molecule has 1 aliphatic carbocycles. The number of benzene rings is 3.